The monoisotopic (exact) mass is 185 g/mol. The van der Waals surface area contributed by atoms with E-state index in [4.69, 9.17) is 0 Å². The fourth-order valence-corrected chi connectivity index (χ4v) is 0.718. The van der Waals surface area contributed by atoms with Crippen LogP contribution in [0.15, 0.2) is 12.2 Å². The lowest BCUT2D eigenvalue weighted by Crippen LogP contribution is -2.38. The van der Waals surface area contributed by atoms with Crippen molar-refractivity contribution in [1.82, 2.24) is 15.5 Å². The van der Waals surface area contributed by atoms with Gasteiger partial charge >= 0.3 is 6.03 Å². The highest BCUT2D eigenvalue weighted by atomic mass is 16.2. The molecular formula is C9H19N3O. The average molecular weight is 185 g/mol. The first-order chi connectivity index (χ1) is 6.04. The van der Waals surface area contributed by atoms with Gasteiger partial charge < -0.3 is 15.5 Å². The molecule has 76 valence electrons. The molecule has 13 heavy (non-hydrogen) atoms. The first-order valence-electron chi connectivity index (χ1n) is 4.34. The van der Waals surface area contributed by atoms with Crippen LogP contribution in [0, 0.1) is 0 Å². The van der Waals surface area contributed by atoms with Gasteiger partial charge in [-0.05, 0) is 6.92 Å². The summed E-state index contributed by atoms with van der Waals surface area (Å²) in [6.07, 6.45) is 0. The maximum Gasteiger partial charge on any atom is 0.316 e. The number of hydrogen-bond acceptors (Lipinski definition) is 2. The van der Waals surface area contributed by atoms with Gasteiger partial charge in [-0.2, -0.15) is 0 Å². The zero-order valence-corrected chi connectivity index (χ0v) is 8.68. The van der Waals surface area contributed by atoms with E-state index in [2.05, 4.69) is 17.2 Å². The smallest absolute Gasteiger partial charge is 0.316 e. The fourth-order valence-electron chi connectivity index (χ4n) is 0.718. The van der Waals surface area contributed by atoms with E-state index >= 15 is 0 Å². The van der Waals surface area contributed by atoms with E-state index in [9.17, 15) is 4.79 Å². The lowest BCUT2D eigenvalue weighted by atomic mass is 10.3. The largest absolute Gasteiger partial charge is 0.337 e. The lowest BCUT2D eigenvalue weighted by molar-refractivity contribution is 0.217. The summed E-state index contributed by atoms with van der Waals surface area (Å²) in [5, 5.41) is 5.90. The Kier molecular flexibility index (Phi) is 5.97. The van der Waals surface area contributed by atoms with Crippen molar-refractivity contribution in [3.63, 3.8) is 0 Å². The van der Waals surface area contributed by atoms with E-state index < -0.39 is 0 Å². The minimum atomic E-state index is -0.0582. The number of urea groups is 1. The van der Waals surface area contributed by atoms with Crippen LogP contribution >= 0.6 is 0 Å². The van der Waals surface area contributed by atoms with Crippen LogP contribution in [0.25, 0.3) is 0 Å². The van der Waals surface area contributed by atoms with E-state index in [1.54, 1.807) is 14.1 Å². The average Bonchev–Trinajstić information content (AvgIpc) is 2.02. The highest BCUT2D eigenvalue weighted by Crippen LogP contribution is 1.80. The van der Waals surface area contributed by atoms with Gasteiger partial charge in [0, 0.05) is 33.7 Å². The molecule has 0 atom stereocenters. The van der Waals surface area contributed by atoms with Gasteiger partial charge in [0.2, 0.25) is 0 Å². The van der Waals surface area contributed by atoms with Crippen molar-refractivity contribution in [2.45, 2.75) is 6.92 Å². The second kappa shape index (κ2) is 6.48. The van der Waals surface area contributed by atoms with Crippen LogP contribution in [0.4, 0.5) is 4.79 Å². The SMILES string of the molecule is C=C(C)CNCCNC(=O)N(C)C. The molecule has 0 fully saturated rings. The molecule has 0 radical (unpaired) electrons. The van der Waals surface area contributed by atoms with Gasteiger partial charge in [0.15, 0.2) is 0 Å². The predicted octanol–water partition coefficient (Wildman–Crippen LogP) is 0.423. The van der Waals surface area contributed by atoms with Crippen LogP contribution in [0.5, 0.6) is 0 Å². The van der Waals surface area contributed by atoms with Crippen molar-refractivity contribution in [3.8, 4) is 0 Å². The maximum absolute atomic E-state index is 11.0. The molecule has 0 heterocycles. The maximum atomic E-state index is 11.0. The Morgan fingerprint density at radius 3 is 2.46 bits per heavy atom. The second-order valence-corrected chi connectivity index (χ2v) is 3.26. The standard InChI is InChI=1S/C9H19N3O/c1-8(2)7-10-5-6-11-9(13)12(3)4/h10H,1,5-7H2,2-4H3,(H,11,13). The molecule has 4 heteroatoms. The second-order valence-electron chi connectivity index (χ2n) is 3.26. The van der Waals surface area contributed by atoms with Crippen molar-refractivity contribution >= 4 is 6.03 Å². The molecule has 0 aromatic carbocycles. The third kappa shape index (κ3) is 7.33. The molecule has 4 nitrogen and oxygen atoms in total. The van der Waals surface area contributed by atoms with E-state index in [1.807, 2.05) is 6.92 Å². The van der Waals surface area contributed by atoms with Crippen molar-refractivity contribution < 1.29 is 4.79 Å². The summed E-state index contributed by atoms with van der Waals surface area (Å²) in [7, 11) is 3.44. The van der Waals surface area contributed by atoms with Crippen LogP contribution in [0.3, 0.4) is 0 Å². The lowest BCUT2D eigenvalue weighted by Gasteiger charge is -2.12. The van der Waals surface area contributed by atoms with Gasteiger partial charge in [0.1, 0.15) is 0 Å². The van der Waals surface area contributed by atoms with Crippen molar-refractivity contribution in [2.24, 2.45) is 0 Å². The van der Waals surface area contributed by atoms with E-state index in [1.165, 1.54) is 4.90 Å². The highest BCUT2D eigenvalue weighted by Gasteiger charge is 1.99. The molecule has 0 aliphatic rings. The third-order valence-electron chi connectivity index (χ3n) is 1.41. The molecule has 0 saturated carbocycles. The van der Waals surface area contributed by atoms with Gasteiger partial charge in [-0.15, -0.1) is 0 Å². The number of rotatable bonds is 5. The Bertz CT molecular complexity index is 178. The topological polar surface area (TPSA) is 44.4 Å². The molecule has 0 aliphatic heterocycles. The van der Waals surface area contributed by atoms with Gasteiger partial charge in [-0.25, -0.2) is 4.79 Å². The first kappa shape index (κ1) is 12.0. The van der Waals surface area contributed by atoms with E-state index in [0.717, 1.165) is 18.7 Å². The Morgan fingerprint density at radius 1 is 1.38 bits per heavy atom. The van der Waals surface area contributed by atoms with Gasteiger partial charge in [0.05, 0.1) is 0 Å². The molecule has 2 N–H and O–H groups in total. The highest BCUT2D eigenvalue weighted by molar-refractivity contribution is 5.73. The van der Waals surface area contributed by atoms with Crippen LogP contribution in [0.2, 0.25) is 0 Å². The number of nitrogens with one attached hydrogen (secondary N) is 2. The number of nitrogens with zero attached hydrogens (tertiary/aromatic N) is 1. The molecule has 2 amide bonds. The number of carbonyl (C=O) groups excluding carboxylic acids is 1. The Morgan fingerprint density at radius 2 is 2.00 bits per heavy atom. The minimum Gasteiger partial charge on any atom is -0.337 e. The Labute approximate surface area is 80.0 Å². The Balaban J connectivity index is 3.26. The zero-order chi connectivity index (χ0) is 10.3. The molecule has 0 aromatic heterocycles. The normalized spacial score (nSPS) is 9.46. The number of hydrogen-bond donors (Lipinski definition) is 2. The van der Waals surface area contributed by atoms with Crippen molar-refractivity contribution in [2.75, 3.05) is 33.7 Å². The van der Waals surface area contributed by atoms with Crippen LogP contribution in [-0.2, 0) is 0 Å². The van der Waals surface area contributed by atoms with Crippen LogP contribution < -0.4 is 10.6 Å². The van der Waals surface area contributed by atoms with Gasteiger partial charge in [0.25, 0.3) is 0 Å². The first-order valence-corrected chi connectivity index (χ1v) is 4.34. The fraction of sp³-hybridized carbons (Fsp3) is 0.667. The van der Waals surface area contributed by atoms with E-state index in [-0.39, 0.29) is 6.03 Å². The van der Waals surface area contributed by atoms with Crippen LogP contribution in [0.1, 0.15) is 6.92 Å². The summed E-state index contributed by atoms with van der Waals surface area (Å²) in [5.74, 6) is 0. The quantitative estimate of drug-likeness (QED) is 0.482. The van der Waals surface area contributed by atoms with Crippen molar-refractivity contribution in [1.29, 1.82) is 0 Å². The third-order valence-corrected chi connectivity index (χ3v) is 1.41. The molecule has 0 spiro atoms. The van der Waals surface area contributed by atoms with E-state index in [0.29, 0.717) is 6.54 Å². The summed E-state index contributed by atoms with van der Waals surface area (Å²) >= 11 is 0. The van der Waals surface area contributed by atoms with Gasteiger partial charge in [-0.3, -0.25) is 0 Å². The predicted molar refractivity (Wildman–Crippen MR) is 54.8 cm³/mol. The molecule has 0 rings (SSSR count). The molecule has 0 saturated heterocycles. The van der Waals surface area contributed by atoms with Crippen molar-refractivity contribution in [3.05, 3.63) is 12.2 Å². The molecule has 0 unspecified atom stereocenters. The summed E-state index contributed by atoms with van der Waals surface area (Å²) in [4.78, 5) is 12.5. The summed E-state index contributed by atoms with van der Waals surface area (Å²) in [5.41, 5.74) is 1.10. The molecule has 0 aromatic rings. The number of amides is 2. The molecule has 0 bridgehead atoms. The summed E-state index contributed by atoms with van der Waals surface area (Å²) < 4.78 is 0. The summed E-state index contributed by atoms with van der Waals surface area (Å²) in [6.45, 7) is 7.94. The molecular weight excluding hydrogens is 166 g/mol. The zero-order valence-electron chi connectivity index (χ0n) is 8.68. The van der Waals surface area contributed by atoms with Gasteiger partial charge in [-0.1, -0.05) is 12.2 Å². The number of carbonyl (C=O) groups is 1. The van der Waals surface area contributed by atoms with Crippen LogP contribution in [-0.4, -0.2) is 44.7 Å². The molecule has 0 aliphatic carbocycles. The summed E-state index contributed by atoms with van der Waals surface area (Å²) in [6, 6.07) is -0.0582. The minimum absolute atomic E-state index is 0.0582. The Hall–Kier alpha value is -1.03.